The van der Waals surface area contributed by atoms with Gasteiger partial charge in [-0.2, -0.15) is 0 Å². The lowest BCUT2D eigenvalue weighted by Gasteiger charge is -2.34. The number of rotatable bonds is 3. The van der Waals surface area contributed by atoms with E-state index in [-0.39, 0.29) is 30.4 Å². The molecule has 1 aliphatic rings. The standard InChI is InChI=1S/C13H16N2O5S/c1-9-6-10(2-3-14-9)13(18)15-4-5-21(19,20)8-11(15)7-12(16)17/h2-3,6,11H,4-5,7-8H2,1H3,(H,16,17). The van der Waals surface area contributed by atoms with Gasteiger partial charge in [-0.3, -0.25) is 14.6 Å². The Morgan fingerprint density at radius 2 is 2.19 bits per heavy atom. The number of aliphatic carboxylic acids is 1. The summed E-state index contributed by atoms with van der Waals surface area (Å²) in [7, 11) is -3.30. The van der Waals surface area contributed by atoms with E-state index in [9.17, 15) is 18.0 Å². The van der Waals surface area contributed by atoms with Gasteiger partial charge in [0.05, 0.1) is 24.0 Å². The van der Waals surface area contributed by atoms with Gasteiger partial charge in [-0.05, 0) is 19.1 Å². The Morgan fingerprint density at radius 1 is 1.48 bits per heavy atom. The molecule has 1 aromatic rings. The first-order valence-corrected chi connectivity index (χ1v) is 8.26. The topological polar surface area (TPSA) is 105 Å². The normalized spacial score (nSPS) is 21.0. The maximum atomic E-state index is 12.5. The molecule has 1 amide bonds. The molecule has 1 unspecified atom stereocenters. The molecule has 8 heteroatoms. The summed E-state index contributed by atoms with van der Waals surface area (Å²) in [5.74, 6) is -1.93. The molecule has 1 fully saturated rings. The first-order chi connectivity index (χ1) is 9.78. The van der Waals surface area contributed by atoms with E-state index in [1.165, 1.54) is 17.2 Å². The van der Waals surface area contributed by atoms with E-state index >= 15 is 0 Å². The summed E-state index contributed by atoms with van der Waals surface area (Å²) < 4.78 is 23.3. The molecule has 1 atom stereocenters. The van der Waals surface area contributed by atoms with Crippen LogP contribution in [0, 0.1) is 6.92 Å². The van der Waals surface area contributed by atoms with Gasteiger partial charge >= 0.3 is 5.97 Å². The molecule has 0 bridgehead atoms. The zero-order valence-electron chi connectivity index (χ0n) is 11.5. The first kappa shape index (κ1) is 15.4. The van der Waals surface area contributed by atoms with Gasteiger partial charge in [0.15, 0.2) is 9.84 Å². The fraction of sp³-hybridized carbons (Fsp3) is 0.462. The minimum absolute atomic E-state index is 0.0144. The van der Waals surface area contributed by atoms with Crippen LogP contribution in [0.3, 0.4) is 0 Å². The van der Waals surface area contributed by atoms with E-state index in [4.69, 9.17) is 5.11 Å². The average molecular weight is 312 g/mol. The van der Waals surface area contributed by atoms with Gasteiger partial charge in [0, 0.05) is 24.0 Å². The van der Waals surface area contributed by atoms with Crippen molar-refractivity contribution in [2.24, 2.45) is 0 Å². The molecule has 21 heavy (non-hydrogen) atoms. The number of sulfone groups is 1. The van der Waals surface area contributed by atoms with Gasteiger partial charge in [0.1, 0.15) is 0 Å². The molecule has 0 aromatic carbocycles. The van der Waals surface area contributed by atoms with Gasteiger partial charge in [-0.15, -0.1) is 0 Å². The van der Waals surface area contributed by atoms with Gasteiger partial charge in [0.2, 0.25) is 0 Å². The Kier molecular flexibility index (Phi) is 4.26. The summed E-state index contributed by atoms with van der Waals surface area (Å²) in [6, 6.07) is 2.31. The van der Waals surface area contributed by atoms with Crippen LogP contribution in [0.5, 0.6) is 0 Å². The number of pyridine rings is 1. The van der Waals surface area contributed by atoms with Gasteiger partial charge in [-0.25, -0.2) is 8.42 Å². The van der Waals surface area contributed by atoms with Crippen molar-refractivity contribution in [2.75, 3.05) is 18.1 Å². The molecular formula is C13H16N2O5S. The Morgan fingerprint density at radius 3 is 2.81 bits per heavy atom. The van der Waals surface area contributed by atoms with E-state index < -0.39 is 21.8 Å². The lowest BCUT2D eigenvalue weighted by atomic mass is 10.1. The summed E-state index contributed by atoms with van der Waals surface area (Å²) in [5, 5.41) is 8.91. The van der Waals surface area contributed by atoms with E-state index in [2.05, 4.69) is 4.98 Å². The van der Waals surface area contributed by atoms with Crippen LogP contribution in [-0.2, 0) is 14.6 Å². The highest BCUT2D eigenvalue weighted by atomic mass is 32.2. The molecule has 1 N–H and O–H groups in total. The Hall–Kier alpha value is -1.96. The number of carboxylic acids is 1. The maximum absolute atomic E-state index is 12.5. The minimum Gasteiger partial charge on any atom is -0.481 e. The fourth-order valence-electron chi connectivity index (χ4n) is 2.37. The second-order valence-electron chi connectivity index (χ2n) is 5.05. The van der Waals surface area contributed by atoms with Crippen molar-refractivity contribution in [2.45, 2.75) is 19.4 Å². The molecule has 0 radical (unpaired) electrons. The number of hydrogen-bond acceptors (Lipinski definition) is 5. The molecule has 1 aromatic heterocycles. The Bertz CT molecular complexity index is 671. The second-order valence-corrected chi connectivity index (χ2v) is 7.28. The predicted molar refractivity (Wildman–Crippen MR) is 74.7 cm³/mol. The SMILES string of the molecule is Cc1cc(C(=O)N2CCS(=O)(=O)CC2CC(=O)O)ccn1. The van der Waals surface area contributed by atoms with Crippen LogP contribution >= 0.6 is 0 Å². The minimum atomic E-state index is -3.30. The van der Waals surface area contributed by atoms with Crippen LogP contribution in [0.2, 0.25) is 0 Å². The number of aryl methyl sites for hydroxylation is 1. The first-order valence-electron chi connectivity index (χ1n) is 6.44. The zero-order valence-corrected chi connectivity index (χ0v) is 12.3. The molecule has 1 aliphatic heterocycles. The summed E-state index contributed by atoms with van der Waals surface area (Å²) in [6.45, 7) is 1.76. The van der Waals surface area contributed by atoms with Crippen molar-refractivity contribution < 1.29 is 23.1 Å². The third-order valence-corrected chi connectivity index (χ3v) is 5.04. The maximum Gasteiger partial charge on any atom is 0.305 e. The van der Waals surface area contributed by atoms with Crippen LogP contribution in [0.15, 0.2) is 18.3 Å². The van der Waals surface area contributed by atoms with Crippen molar-refractivity contribution in [1.29, 1.82) is 0 Å². The number of nitrogens with zero attached hydrogens (tertiary/aromatic N) is 2. The molecule has 0 aliphatic carbocycles. The quantitative estimate of drug-likeness (QED) is 0.849. The number of aromatic nitrogens is 1. The molecule has 7 nitrogen and oxygen atoms in total. The van der Waals surface area contributed by atoms with E-state index in [1.807, 2.05) is 0 Å². The van der Waals surface area contributed by atoms with Crippen LogP contribution in [0.4, 0.5) is 0 Å². The predicted octanol–water partition coefficient (Wildman–Crippen LogP) is 0.104. The van der Waals surface area contributed by atoms with Crippen LogP contribution in [0.25, 0.3) is 0 Å². The van der Waals surface area contributed by atoms with Crippen molar-refractivity contribution in [3.63, 3.8) is 0 Å². The smallest absolute Gasteiger partial charge is 0.305 e. The Balaban J connectivity index is 2.27. The average Bonchev–Trinajstić information content (AvgIpc) is 2.36. The molecular weight excluding hydrogens is 296 g/mol. The van der Waals surface area contributed by atoms with Crippen LogP contribution in [-0.4, -0.2) is 59.4 Å². The molecule has 2 heterocycles. The molecule has 114 valence electrons. The van der Waals surface area contributed by atoms with Crippen LogP contribution < -0.4 is 0 Å². The van der Waals surface area contributed by atoms with E-state index in [0.29, 0.717) is 11.3 Å². The number of carbonyl (C=O) groups excluding carboxylic acids is 1. The molecule has 0 spiro atoms. The molecule has 2 rings (SSSR count). The number of amides is 1. The summed E-state index contributed by atoms with van der Waals surface area (Å²) in [5.41, 5.74) is 1.05. The number of hydrogen-bond donors (Lipinski definition) is 1. The summed E-state index contributed by atoms with van der Waals surface area (Å²) >= 11 is 0. The van der Waals surface area contributed by atoms with E-state index in [0.717, 1.165) is 0 Å². The van der Waals surface area contributed by atoms with Gasteiger partial charge in [-0.1, -0.05) is 0 Å². The highest BCUT2D eigenvalue weighted by molar-refractivity contribution is 7.91. The highest BCUT2D eigenvalue weighted by Crippen LogP contribution is 2.18. The highest BCUT2D eigenvalue weighted by Gasteiger charge is 2.35. The molecule has 1 saturated heterocycles. The lowest BCUT2D eigenvalue weighted by molar-refractivity contribution is -0.138. The lowest BCUT2D eigenvalue weighted by Crippen LogP contribution is -2.52. The third-order valence-electron chi connectivity index (χ3n) is 3.34. The van der Waals surface area contributed by atoms with Crippen molar-refractivity contribution in [3.8, 4) is 0 Å². The van der Waals surface area contributed by atoms with Crippen molar-refractivity contribution >= 4 is 21.7 Å². The number of carboxylic acid groups (broad SMARTS) is 1. The largest absolute Gasteiger partial charge is 0.481 e. The van der Waals surface area contributed by atoms with Gasteiger partial charge < -0.3 is 10.0 Å². The Labute approximate surface area is 122 Å². The van der Waals surface area contributed by atoms with E-state index in [1.54, 1.807) is 13.0 Å². The monoisotopic (exact) mass is 312 g/mol. The van der Waals surface area contributed by atoms with Gasteiger partial charge in [0.25, 0.3) is 5.91 Å². The third kappa shape index (κ3) is 3.78. The summed E-state index contributed by atoms with van der Waals surface area (Å²) in [6.07, 6.45) is 1.12. The zero-order chi connectivity index (χ0) is 15.6. The van der Waals surface area contributed by atoms with Crippen molar-refractivity contribution in [1.82, 2.24) is 9.88 Å². The van der Waals surface area contributed by atoms with Crippen LogP contribution in [0.1, 0.15) is 22.5 Å². The molecule has 0 saturated carbocycles. The van der Waals surface area contributed by atoms with Crippen molar-refractivity contribution in [3.05, 3.63) is 29.6 Å². The number of carbonyl (C=O) groups is 2. The fourth-order valence-corrected chi connectivity index (χ4v) is 3.89. The second kappa shape index (κ2) is 5.80. The summed E-state index contributed by atoms with van der Waals surface area (Å²) in [4.78, 5) is 28.7.